The Morgan fingerprint density at radius 1 is 1.12 bits per heavy atom. The maximum absolute atomic E-state index is 12.4. The topological polar surface area (TPSA) is 181 Å². The highest BCUT2D eigenvalue weighted by Gasteiger charge is 2.49. The lowest BCUT2D eigenvalue weighted by atomic mass is 9.99. The van der Waals surface area contributed by atoms with Gasteiger partial charge in [-0.25, -0.2) is 0 Å². The standard InChI is InChI=1S/C14H25NO10/c15-1-2-22-13-11(21)12(10(20)8(5-17)24-13)25-14-9(19)7(18)3-6(4-16)23-14/h6-10,12-14,16-20H,1-5,15H2/t6-,7-,8+,9-,10+,12-,13-,14+/m0/s1. The lowest BCUT2D eigenvalue weighted by Gasteiger charge is -2.41. The first-order valence-corrected chi connectivity index (χ1v) is 8.00. The number of Topliss-reactive ketones (excluding diaryl/α,β-unsaturated/α-hetero) is 1. The van der Waals surface area contributed by atoms with Crippen LogP contribution in [0.4, 0.5) is 0 Å². The average Bonchev–Trinajstić information content (AvgIpc) is 2.61. The summed E-state index contributed by atoms with van der Waals surface area (Å²) in [5.41, 5.74) is 5.31. The molecule has 2 aliphatic heterocycles. The molecular weight excluding hydrogens is 342 g/mol. The highest BCUT2D eigenvalue weighted by molar-refractivity contribution is 5.87. The number of hydrogen-bond donors (Lipinski definition) is 6. The summed E-state index contributed by atoms with van der Waals surface area (Å²) in [7, 11) is 0. The number of rotatable bonds is 7. The Hall–Kier alpha value is -0.730. The molecule has 8 atom stereocenters. The molecule has 2 aliphatic rings. The van der Waals surface area contributed by atoms with Gasteiger partial charge in [-0.05, 0) is 0 Å². The molecule has 0 spiro atoms. The molecule has 0 aromatic heterocycles. The Morgan fingerprint density at radius 3 is 2.44 bits per heavy atom. The Bertz CT molecular complexity index is 438. The first-order chi connectivity index (χ1) is 11.9. The minimum atomic E-state index is -1.54. The molecule has 0 amide bonds. The van der Waals surface area contributed by atoms with Crippen LogP contribution in [0.3, 0.4) is 0 Å². The molecule has 2 rings (SSSR count). The van der Waals surface area contributed by atoms with Gasteiger partial charge >= 0.3 is 0 Å². The molecular formula is C14H25NO10. The van der Waals surface area contributed by atoms with Gasteiger partial charge in [-0.2, -0.15) is 0 Å². The smallest absolute Gasteiger partial charge is 0.221 e. The van der Waals surface area contributed by atoms with E-state index < -0.39 is 68.2 Å². The van der Waals surface area contributed by atoms with E-state index in [0.717, 1.165) is 0 Å². The van der Waals surface area contributed by atoms with Crippen LogP contribution in [0, 0.1) is 0 Å². The monoisotopic (exact) mass is 367 g/mol. The minimum absolute atomic E-state index is 0.00518. The lowest BCUT2D eigenvalue weighted by Crippen LogP contribution is -2.61. The van der Waals surface area contributed by atoms with Crippen molar-refractivity contribution >= 4 is 5.78 Å². The van der Waals surface area contributed by atoms with Crippen molar-refractivity contribution in [2.45, 2.75) is 55.6 Å². The SMILES string of the molecule is NCCO[C@H]1O[C@H](CO)[C@@H](O)[C@H](O[C@H]2O[C@H](CO)C[C@H](O)[C@@H]2O)C1=O. The molecule has 11 nitrogen and oxygen atoms in total. The average molecular weight is 367 g/mol. The van der Waals surface area contributed by atoms with Gasteiger partial charge in [0.05, 0.1) is 32.0 Å². The third-order valence-electron chi connectivity index (χ3n) is 4.06. The number of carbonyl (C=O) groups is 1. The largest absolute Gasteiger partial charge is 0.394 e. The molecule has 0 aromatic carbocycles. The number of aliphatic hydroxyl groups excluding tert-OH is 5. The molecule has 0 aromatic rings. The summed E-state index contributed by atoms with van der Waals surface area (Å²) in [6, 6.07) is 0. The Morgan fingerprint density at radius 2 is 1.84 bits per heavy atom. The Balaban J connectivity index is 2.11. The van der Waals surface area contributed by atoms with Crippen LogP contribution in [0.1, 0.15) is 6.42 Å². The molecule has 146 valence electrons. The fraction of sp³-hybridized carbons (Fsp3) is 0.929. The normalized spacial score (nSPS) is 42.6. The third kappa shape index (κ3) is 4.71. The van der Waals surface area contributed by atoms with E-state index in [-0.39, 0.29) is 19.6 Å². The maximum Gasteiger partial charge on any atom is 0.221 e. The van der Waals surface area contributed by atoms with E-state index in [4.69, 9.17) is 29.8 Å². The van der Waals surface area contributed by atoms with E-state index in [9.17, 15) is 25.2 Å². The van der Waals surface area contributed by atoms with Gasteiger partial charge in [-0.15, -0.1) is 0 Å². The zero-order valence-electron chi connectivity index (χ0n) is 13.5. The van der Waals surface area contributed by atoms with Crippen molar-refractivity contribution in [1.82, 2.24) is 0 Å². The molecule has 11 heteroatoms. The molecule has 25 heavy (non-hydrogen) atoms. The highest BCUT2D eigenvalue weighted by Crippen LogP contribution is 2.27. The van der Waals surface area contributed by atoms with Crippen LogP contribution in [0.25, 0.3) is 0 Å². The van der Waals surface area contributed by atoms with E-state index in [1.54, 1.807) is 0 Å². The van der Waals surface area contributed by atoms with Crippen molar-refractivity contribution in [3.8, 4) is 0 Å². The predicted octanol–water partition coefficient (Wildman–Crippen LogP) is -4.18. The number of carbonyl (C=O) groups excluding carboxylic acids is 1. The third-order valence-corrected chi connectivity index (χ3v) is 4.06. The summed E-state index contributed by atoms with van der Waals surface area (Å²) >= 11 is 0. The van der Waals surface area contributed by atoms with Crippen LogP contribution in [0.5, 0.6) is 0 Å². The molecule has 0 unspecified atom stereocenters. The zero-order chi connectivity index (χ0) is 18.6. The fourth-order valence-corrected chi connectivity index (χ4v) is 2.69. The number of ketones is 1. The number of aliphatic hydroxyl groups is 5. The van der Waals surface area contributed by atoms with Crippen molar-refractivity contribution in [3.63, 3.8) is 0 Å². The second kappa shape index (κ2) is 9.28. The molecule has 2 saturated heterocycles. The first-order valence-electron chi connectivity index (χ1n) is 8.00. The second-order valence-corrected chi connectivity index (χ2v) is 5.90. The lowest BCUT2D eigenvalue weighted by molar-refractivity contribution is -0.308. The van der Waals surface area contributed by atoms with Crippen molar-refractivity contribution in [3.05, 3.63) is 0 Å². The van der Waals surface area contributed by atoms with Crippen molar-refractivity contribution in [2.75, 3.05) is 26.4 Å². The van der Waals surface area contributed by atoms with Gasteiger partial charge in [0, 0.05) is 13.0 Å². The molecule has 2 fully saturated rings. The summed E-state index contributed by atoms with van der Waals surface area (Å²) in [6.45, 7) is -0.896. The molecule has 0 aliphatic carbocycles. The summed E-state index contributed by atoms with van der Waals surface area (Å²) in [6.07, 6.45) is -10.6. The minimum Gasteiger partial charge on any atom is -0.394 e. The Kier molecular flexibility index (Phi) is 7.64. The van der Waals surface area contributed by atoms with Gasteiger partial charge in [0.25, 0.3) is 0 Å². The fourth-order valence-electron chi connectivity index (χ4n) is 2.69. The van der Waals surface area contributed by atoms with Gasteiger partial charge in [0.1, 0.15) is 18.3 Å². The van der Waals surface area contributed by atoms with E-state index >= 15 is 0 Å². The van der Waals surface area contributed by atoms with Crippen molar-refractivity contribution in [1.29, 1.82) is 0 Å². The maximum atomic E-state index is 12.4. The van der Waals surface area contributed by atoms with Crippen LogP contribution >= 0.6 is 0 Å². The van der Waals surface area contributed by atoms with Crippen LogP contribution in [-0.4, -0.2) is 107 Å². The first kappa shape index (κ1) is 20.6. The van der Waals surface area contributed by atoms with E-state index in [1.807, 2.05) is 0 Å². The second-order valence-electron chi connectivity index (χ2n) is 5.90. The van der Waals surface area contributed by atoms with Gasteiger partial charge in [-0.1, -0.05) is 0 Å². The number of hydrogen-bond acceptors (Lipinski definition) is 11. The molecule has 7 N–H and O–H groups in total. The van der Waals surface area contributed by atoms with Crippen LogP contribution in [-0.2, 0) is 23.7 Å². The van der Waals surface area contributed by atoms with Gasteiger partial charge in [-0.3, -0.25) is 4.79 Å². The van der Waals surface area contributed by atoms with E-state index in [1.165, 1.54) is 0 Å². The van der Waals surface area contributed by atoms with Crippen LogP contribution in [0.15, 0.2) is 0 Å². The summed E-state index contributed by atoms with van der Waals surface area (Å²) in [5, 5.41) is 48.4. The summed E-state index contributed by atoms with van der Waals surface area (Å²) in [5.74, 6) is -0.776. The zero-order valence-corrected chi connectivity index (χ0v) is 13.5. The highest BCUT2D eigenvalue weighted by atomic mass is 16.7. The number of nitrogens with two attached hydrogens (primary N) is 1. The molecule has 2 heterocycles. The molecule has 0 saturated carbocycles. The van der Waals surface area contributed by atoms with Crippen LogP contribution in [0.2, 0.25) is 0 Å². The quantitative estimate of drug-likeness (QED) is 0.257. The van der Waals surface area contributed by atoms with Gasteiger partial charge in [0.15, 0.2) is 12.4 Å². The number of ether oxygens (including phenoxy) is 4. The van der Waals surface area contributed by atoms with E-state index in [0.29, 0.717) is 0 Å². The van der Waals surface area contributed by atoms with E-state index in [2.05, 4.69) is 0 Å². The van der Waals surface area contributed by atoms with Gasteiger partial charge in [0.2, 0.25) is 12.1 Å². The van der Waals surface area contributed by atoms with Crippen LogP contribution < -0.4 is 5.73 Å². The Labute approximate surface area is 143 Å². The van der Waals surface area contributed by atoms with Crippen molar-refractivity contribution < 1.29 is 49.3 Å². The van der Waals surface area contributed by atoms with Gasteiger partial charge < -0.3 is 50.2 Å². The predicted molar refractivity (Wildman–Crippen MR) is 79.0 cm³/mol. The molecule has 0 bridgehead atoms. The summed E-state index contributed by atoms with van der Waals surface area (Å²) in [4.78, 5) is 12.4. The molecule has 0 radical (unpaired) electrons. The summed E-state index contributed by atoms with van der Waals surface area (Å²) < 4.78 is 21.0. The van der Waals surface area contributed by atoms with Crippen molar-refractivity contribution in [2.24, 2.45) is 5.73 Å².